The van der Waals surface area contributed by atoms with Crippen LogP contribution in [0.15, 0.2) is 0 Å². The van der Waals surface area contributed by atoms with Gasteiger partial charge in [-0.25, -0.2) is 0 Å². The van der Waals surface area contributed by atoms with Crippen molar-refractivity contribution in [2.24, 2.45) is 0 Å². The van der Waals surface area contributed by atoms with Crippen molar-refractivity contribution in [1.82, 2.24) is 0 Å². The van der Waals surface area contributed by atoms with Gasteiger partial charge in [0.1, 0.15) is 0 Å². The molecule has 0 aliphatic heterocycles. The Morgan fingerprint density at radius 2 is 1.25 bits per heavy atom. The molecule has 0 bridgehead atoms. The standard InChI is InChI=1S/Au.Ir.O.Pt. The molecule has 2 radical (unpaired) electrons. The summed E-state index contributed by atoms with van der Waals surface area (Å²) in [5, 5.41) is 0. The molecule has 0 rings (SSSR count). The first-order valence-electron chi connectivity index (χ1n) is 0.129. The van der Waals surface area contributed by atoms with Crippen molar-refractivity contribution in [3.63, 3.8) is 0 Å². The van der Waals surface area contributed by atoms with Crippen molar-refractivity contribution in [2.75, 3.05) is 0 Å². The van der Waals surface area contributed by atoms with E-state index in [1.54, 1.807) is 0 Å². The van der Waals surface area contributed by atoms with Crippen molar-refractivity contribution in [3.8, 4) is 0 Å². The second-order valence-corrected chi connectivity index (χ2v) is 0. The quantitative estimate of drug-likeness (QED) is 0.355. The molecule has 0 amide bonds. The summed E-state index contributed by atoms with van der Waals surface area (Å²) >= 11 is 0.889. The summed E-state index contributed by atoms with van der Waals surface area (Å²) in [6.45, 7) is 0. The summed E-state index contributed by atoms with van der Waals surface area (Å²) in [5.41, 5.74) is 0. The second-order valence-electron chi connectivity index (χ2n) is 0. The van der Waals surface area contributed by atoms with E-state index < -0.39 is 0 Å². The van der Waals surface area contributed by atoms with Crippen LogP contribution in [0.2, 0.25) is 0 Å². The van der Waals surface area contributed by atoms with Crippen LogP contribution in [-0.2, 0) is 65.7 Å². The molecule has 0 N–H and O–H groups in total. The fourth-order valence-corrected chi connectivity index (χ4v) is 0. The molecule has 0 aliphatic carbocycles. The third-order valence-electron chi connectivity index (χ3n) is 0. The van der Waals surface area contributed by atoms with E-state index in [0.29, 0.717) is 0 Å². The first kappa shape index (κ1) is 16.9. The van der Waals surface area contributed by atoms with Crippen LogP contribution in [0.25, 0.3) is 0 Å². The van der Waals surface area contributed by atoms with Gasteiger partial charge in [-0.15, -0.1) is 0 Å². The van der Waals surface area contributed by atoms with Gasteiger partial charge in [0.25, 0.3) is 0 Å². The van der Waals surface area contributed by atoms with Crippen LogP contribution in [0.3, 0.4) is 0 Å². The van der Waals surface area contributed by atoms with Crippen molar-refractivity contribution in [1.29, 1.82) is 0 Å². The Bertz CT molecular complexity index is 8.00. The van der Waals surface area contributed by atoms with Crippen molar-refractivity contribution in [3.05, 3.63) is 0 Å². The monoisotopic (exact) mass is 601 g/mol. The second kappa shape index (κ2) is 20.8. The normalized spacial score (nSPS) is 1.50. The Labute approximate surface area is 65.0 Å². The van der Waals surface area contributed by atoms with Crippen molar-refractivity contribution in [2.45, 2.75) is 0 Å². The summed E-state index contributed by atoms with van der Waals surface area (Å²) in [4.78, 5) is 0. The molecule has 0 aromatic rings. The Kier molecular flexibility index (Phi) is 87.8. The molecule has 4 heavy (non-hydrogen) atoms. The maximum absolute atomic E-state index is 8.22. The summed E-state index contributed by atoms with van der Waals surface area (Å²) in [5.74, 6) is 0. The van der Waals surface area contributed by atoms with Gasteiger partial charge >= 0.3 is 23.2 Å². The summed E-state index contributed by atoms with van der Waals surface area (Å²) < 4.78 is 8.22. The van der Waals surface area contributed by atoms with Gasteiger partial charge in [-0.05, 0) is 0 Å². The number of hydrogen-bond acceptors (Lipinski definition) is 1. The van der Waals surface area contributed by atoms with Gasteiger partial charge < -0.3 is 0 Å². The molecule has 0 fully saturated rings. The Morgan fingerprint density at radius 3 is 1.25 bits per heavy atom. The van der Waals surface area contributed by atoms with E-state index in [4.69, 9.17) is 3.40 Å². The van der Waals surface area contributed by atoms with Crippen LogP contribution in [0.5, 0.6) is 0 Å². The van der Waals surface area contributed by atoms with Crippen LogP contribution in [0.4, 0.5) is 0 Å². The van der Waals surface area contributed by atoms with E-state index in [-0.39, 0.29) is 42.5 Å². The van der Waals surface area contributed by atoms with Gasteiger partial charge in [0.15, 0.2) is 0 Å². The molecule has 0 spiro atoms. The molecule has 0 aromatic carbocycles. The Balaban J connectivity index is -0.00000000500. The molecule has 36 valence electrons. The zero-order valence-electron chi connectivity index (χ0n) is 1.36. The summed E-state index contributed by atoms with van der Waals surface area (Å²) in [6, 6.07) is 0. The molecule has 0 unspecified atom stereocenters. The van der Waals surface area contributed by atoms with E-state index in [0.717, 1.165) is 19.8 Å². The van der Waals surface area contributed by atoms with E-state index in [2.05, 4.69) is 0 Å². The average molecular weight is 600 g/mol. The third-order valence-corrected chi connectivity index (χ3v) is 0. The third kappa shape index (κ3) is 9.11. The fourth-order valence-electron chi connectivity index (χ4n) is 0. The topological polar surface area (TPSA) is 17.1 Å². The molecule has 0 saturated carbocycles. The zero-order valence-corrected chi connectivity index (χ0v) is 8.19. The van der Waals surface area contributed by atoms with Crippen LogP contribution in [0.1, 0.15) is 0 Å². The first-order valence-corrected chi connectivity index (χ1v) is 1.06. The van der Waals surface area contributed by atoms with Crippen LogP contribution in [0, 0.1) is 0 Å². The van der Waals surface area contributed by atoms with Crippen LogP contribution in [-0.4, -0.2) is 0 Å². The van der Waals surface area contributed by atoms with E-state index >= 15 is 0 Å². The Morgan fingerprint density at radius 1 is 1.25 bits per heavy atom. The van der Waals surface area contributed by atoms with E-state index in [9.17, 15) is 0 Å². The molecule has 0 saturated heterocycles. The summed E-state index contributed by atoms with van der Waals surface area (Å²) in [7, 11) is 0. The Hall–Kier alpha value is 1.88. The van der Waals surface area contributed by atoms with E-state index in [1.807, 2.05) is 0 Å². The van der Waals surface area contributed by atoms with Gasteiger partial charge in [-0.2, -0.15) is 0 Å². The first-order chi connectivity index (χ1) is 1.00. The number of hydrogen-bond donors (Lipinski definition) is 0. The predicted octanol–water partition coefficient (Wildman–Crippen LogP) is -0.126. The molecule has 1 nitrogen and oxygen atoms in total. The van der Waals surface area contributed by atoms with E-state index in [1.165, 1.54) is 0 Å². The fraction of sp³-hybridized carbons (Fsp3) is 0. The van der Waals surface area contributed by atoms with Gasteiger partial charge in [0.2, 0.25) is 0 Å². The molecule has 0 heterocycles. The number of rotatable bonds is 0. The summed E-state index contributed by atoms with van der Waals surface area (Å²) in [6.07, 6.45) is 0. The molecular weight excluding hydrogens is 600 g/mol. The molecule has 0 aromatic heterocycles. The minimum absolute atomic E-state index is 0. The molecule has 0 aliphatic rings. The SMILES string of the molecule is [Au].[Ir].[O]=[Pt]. The molecular formula is AuIrOPt. The molecule has 0 atom stereocenters. The average Bonchev–Trinajstić information content (AvgIpc) is 1.00. The van der Waals surface area contributed by atoms with Gasteiger partial charge in [0.05, 0.1) is 0 Å². The molecule has 4 heteroatoms. The maximum atomic E-state index is 8.22. The van der Waals surface area contributed by atoms with Gasteiger partial charge in [-0.3, -0.25) is 0 Å². The van der Waals surface area contributed by atoms with Crippen LogP contribution < -0.4 is 0 Å². The van der Waals surface area contributed by atoms with Crippen molar-refractivity contribution >= 4 is 0 Å². The van der Waals surface area contributed by atoms with Gasteiger partial charge in [0, 0.05) is 42.5 Å². The predicted molar refractivity (Wildman–Crippen MR) is 0.686 cm³/mol. The zero-order chi connectivity index (χ0) is 2.00. The van der Waals surface area contributed by atoms with Crippen molar-refractivity contribution < 1.29 is 65.7 Å². The minimum atomic E-state index is 0. The van der Waals surface area contributed by atoms with Crippen LogP contribution >= 0.6 is 0 Å². The van der Waals surface area contributed by atoms with Gasteiger partial charge in [-0.1, -0.05) is 0 Å².